The maximum absolute atomic E-state index is 14.3. The number of benzene rings is 2. The number of imidazole rings is 1. The molecule has 14 nitrogen and oxygen atoms in total. The summed E-state index contributed by atoms with van der Waals surface area (Å²) in [6.07, 6.45) is -2.45. The smallest absolute Gasteiger partial charge is 0.459 e. The Bertz CT molecular complexity index is 1750. The minimum Gasteiger partial charge on any atom is -0.464 e. The summed E-state index contributed by atoms with van der Waals surface area (Å²) < 4.78 is 39.1. The van der Waals surface area contributed by atoms with Crippen LogP contribution in [0, 0.1) is 12.3 Å². The topological polar surface area (TPSA) is 193 Å². The number of nitrogen functional groups attached to an aromatic ring is 1. The van der Waals surface area contributed by atoms with Gasteiger partial charge < -0.3 is 29.9 Å². The molecule has 1 fully saturated rings. The van der Waals surface area contributed by atoms with Crippen molar-refractivity contribution in [2.24, 2.45) is 5.41 Å². The first kappa shape index (κ1) is 32.7. The van der Waals surface area contributed by atoms with Crippen LogP contribution in [-0.2, 0) is 23.4 Å². The summed E-state index contributed by atoms with van der Waals surface area (Å²) in [7, 11) is -4.35. The first-order valence-corrected chi connectivity index (χ1v) is 16.0. The normalized spacial score (nSPS) is 24.0. The second kappa shape index (κ2) is 12.3. The molecule has 242 valence electrons. The highest BCUT2D eigenvalue weighted by atomic mass is 31.2. The zero-order valence-electron chi connectivity index (χ0n) is 26.0. The van der Waals surface area contributed by atoms with Gasteiger partial charge in [0, 0.05) is 5.39 Å². The van der Waals surface area contributed by atoms with Crippen LogP contribution in [0.1, 0.15) is 46.5 Å². The van der Waals surface area contributed by atoms with E-state index in [0.29, 0.717) is 22.2 Å². The van der Waals surface area contributed by atoms with Gasteiger partial charge >= 0.3 is 13.7 Å². The lowest BCUT2D eigenvalue weighted by molar-refractivity contribution is -0.148. The van der Waals surface area contributed by atoms with Gasteiger partial charge in [-0.25, -0.2) is 14.5 Å². The third-order valence-corrected chi connectivity index (χ3v) is 8.98. The van der Waals surface area contributed by atoms with Gasteiger partial charge in [0.2, 0.25) is 5.95 Å². The molecule has 0 amide bonds. The van der Waals surface area contributed by atoms with E-state index in [1.54, 1.807) is 25.1 Å². The highest BCUT2D eigenvalue weighted by molar-refractivity contribution is 7.52. The molecule has 0 aliphatic carbocycles. The molecule has 2 aromatic heterocycles. The van der Waals surface area contributed by atoms with E-state index in [4.69, 9.17) is 24.3 Å². The number of esters is 1. The van der Waals surface area contributed by atoms with E-state index in [1.165, 1.54) is 24.7 Å². The van der Waals surface area contributed by atoms with Crippen molar-refractivity contribution in [3.05, 3.63) is 54.5 Å². The predicted octanol–water partition coefficient (Wildman–Crippen LogP) is 3.65. The van der Waals surface area contributed by atoms with Crippen LogP contribution in [0.3, 0.4) is 0 Å². The van der Waals surface area contributed by atoms with Crippen molar-refractivity contribution in [2.45, 2.75) is 71.6 Å². The summed E-state index contributed by atoms with van der Waals surface area (Å²) in [5.41, 5.74) is 4.99. The lowest BCUT2D eigenvalue weighted by Crippen LogP contribution is -2.44. The fourth-order valence-electron chi connectivity index (χ4n) is 5.00. The minimum absolute atomic E-state index is 0.00701. The monoisotopic (exact) mass is 642 g/mol. The maximum atomic E-state index is 14.3. The zero-order valence-corrected chi connectivity index (χ0v) is 26.9. The number of hydrogen-bond donors (Lipinski definition) is 4. The van der Waals surface area contributed by atoms with Crippen LogP contribution < -0.4 is 15.3 Å². The van der Waals surface area contributed by atoms with E-state index in [1.807, 2.05) is 45.0 Å². The van der Waals surface area contributed by atoms with Crippen molar-refractivity contribution in [1.82, 2.24) is 24.6 Å². The number of rotatable bonds is 10. The van der Waals surface area contributed by atoms with Crippen LogP contribution in [0.15, 0.2) is 48.8 Å². The average molecular weight is 643 g/mol. The number of nitrogens with zero attached hydrogens (tertiary/aromatic N) is 4. The first-order valence-electron chi connectivity index (χ1n) is 14.5. The second-order valence-corrected chi connectivity index (χ2v) is 14.3. The van der Waals surface area contributed by atoms with Crippen molar-refractivity contribution < 1.29 is 38.1 Å². The molecule has 1 aliphatic heterocycles. The molecular weight excluding hydrogens is 603 g/mol. The number of nitrogens with one attached hydrogen (secondary N) is 1. The van der Waals surface area contributed by atoms with E-state index in [2.05, 4.69) is 20.0 Å². The van der Waals surface area contributed by atoms with Crippen LogP contribution in [-0.4, -0.2) is 72.8 Å². The molecule has 15 heteroatoms. The quantitative estimate of drug-likeness (QED) is 0.145. The van der Waals surface area contributed by atoms with Crippen molar-refractivity contribution >= 4 is 41.6 Å². The van der Waals surface area contributed by atoms with Gasteiger partial charge in [0.1, 0.15) is 35.1 Å². The molecule has 0 radical (unpaired) electrons. The molecule has 45 heavy (non-hydrogen) atoms. The van der Waals surface area contributed by atoms with Gasteiger partial charge in [-0.05, 0) is 37.6 Å². The van der Waals surface area contributed by atoms with Crippen LogP contribution in [0.4, 0.5) is 5.95 Å². The Morgan fingerprint density at radius 3 is 2.67 bits per heavy atom. The molecule has 2 aromatic carbocycles. The van der Waals surface area contributed by atoms with E-state index < -0.39 is 50.4 Å². The Morgan fingerprint density at radius 1 is 1.22 bits per heavy atom. The highest BCUT2D eigenvalue weighted by Crippen LogP contribution is 2.48. The second-order valence-electron chi connectivity index (χ2n) is 12.6. The maximum Gasteiger partial charge on any atom is 0.459 e. The number of aliphatic hydroxyl groups is 2. The van der Waals surface area contributed by atoms with Gasteiger partial charge in [0.05, 0.1) is 25.2 Å². The van der Waals surface area contributed by atoms with Gasteiger partial charge in [0.15, 0.2) is 11.9 Å². The summed E-state index contributed by atoms with van der Waals surface area (Å²) in [5, 5.41) is 26.7. The number of hydrogen-bond acceptors (Lipinski definition) is 12. The van der Waals surface area contributed by atoms with Crippen LogP contribution >= 0.6 is 7.75 Å². The van der Waals surface area contributed by atoms with Gasteiger partial charge in [-0.3, -0.25) is 13.9 Å². The van der Waals surface area contributed by atoms with Gasteiger partial charge in [-0.15, -0.1) is 0 Å². The Hall–Kier alpha value is -3.65. The van der Waals surface area contributed by atoms with Crippen molar-refractivity contribution in [3.8, 4) is 5.75 Å². The minimum atomic E-state index is -4.35. The standard InChI is InChI=1S/C30H39N6O8P/c1-17-23-25(34-28(31)33-17)36(16-32-23)27-30(6,39)24(37)22(43-27)14-42-45(40,35-18(2)26(38)41-15-29(3,4)5)44-21-13-9-11-19-10-7-8-12-20(19)21/h7-13,16,18,22,24,27,37,39H,14-15H2,1-6H3,(H,35,40)(H2,31,33,34). The SMILES string of the molecule is Cc1nc(N)nc2c1ncn2C1OC(COP(=O)(NC(C)C(=O)OCC(C)(C)C)Oc2cccc3ccccc23)C(O)C1(C)O. The molecule has 4 aromatic rings. The summed E-state index contributed by atoms with van der Waals surface area (Å²) in [6, 6.07) is 11.5. The van der Waals surface area contributed by atoms with Crippen LogP contribution in [0.2, 0.25) is 0 Å². The molecule has 5 N–H and O–H groups in total. The lowest BCUT2D eigenvalue weighted by atomic mass is 9.96. The van der Waals surface area contributed by atoms with Crippen molar-refractivity contribution in [1.29, 1.82) is 0 Å². The Morgan fingerprint density at radius 2 is 1.93 bits per heavy atom. The fraction of sp³-hybridized carbons (Fsp3) is 0.467. The van der Waals surface area contributed by atoms with Crippen LogP contribution in [0.25, 0.3) is 21.9 Å². The number of aromatic nitrogens is 4. The molecule has 0 bridgehead atoms. The summed E-state index contributed by atoms with van der Waals surface area (Å²) in [5.74, 6) is -0.402. The number of carbonyl (C=O) groups excluding carboxylic acids is 1. The number of carbonyl (C=O) groups is 1. The number of aliphatic hydroxyl groups excluding tert-OH is 1. The molecule has 3 heterocycles. The van der Waals surface area contributed by atoms with Gasteiger partial charge in [0.25, 0.3) is 0 Å². The van der Waals surface area contributed by atoms with E-state index in [-0.39, 0.29) is 23.7 Å². The molecule has 0 saturated carbocycles. The molecule has 6 atom stereocenters. The molecule has 1 saturated heterocycles. The number of nitrogens with two attached hydrogens (primary N) is 1. The van der Waals surface area contributed by atoms with Gasteiger partial charge in [-0.2, -0.15) is 10.1 Å². The van der Waals surface area contributed by atoms with E-state index in [0.717, 1.165) is 5.39 Å². The largest absolute Gasteiger partial charge is 0.464 e. The highest BCUT2D eigenvalue weighted by Gasteiger charge is 2.54. The predicted molar refractivity (Wildman–Crippen MR) is 166 cm³/mol. The average Bonchev–Trinajstić information content (AvgIpc) is 3.48. The number of anilines is 1. The summed E-state index contributed by atoms with van der Waals surface area (Å²) in [6.45, 7) is 10.00. The third-order valence-electron chi connectivity index (χ3n) is 7.35. The number of fused-ring (bicyclic) bond motifs is 2. The zero-order chi connectivity index (χ0) is 32.7. The molecule has 0 spiro atoms. The van der Waals surface area contributed by atoms with Crippen molar-refractivity contribution in [2.75, 3.05) is 18.9 Å². The molecule has 6 unspecified atom stereocenters. The summed E-state index contributed by atoms with van der Waals surface area (Å²) in [4.78, 5) is 25.5. The molecular formula is C30H39N6O8P. The summed E-state index contributed by atoms with van der Waals surface area (Å²) >= 11 is 0. The Labute approximate surface area is 260 Å². The van der Waals surface area contributed by atoms with E-state index >= 15 is 0 Å². The fourth-order valence-corrected chi connectivity index (χ4v) is 6.52. The van der Waals surface area contributed by atoms with Gasteiger partial charge in [-0.1, -0.05) is 57.2 Å². The lowest BCUT2D eigenvalue weighted by Gasteiger charge is -2.27. The molecule has 5 rings (SSSR count). The number of ether oxygens (including phenoxy) is 2. The van der Waals surface area contributed by atoms with E-state index in [9.17, 15) is 19.6 Å². The molecule has 1 aliphatic rings. The Balaban J connectivity index is 1.40. The third kappa shape index (κ3) is 6.96. The Kier molecular flexibility index (Phi) is 8.93. The number of aryl methyl sites for hydroxylation is 1. The first-order chi connectivity index (χ1) is 21.1. The van der Waals surface area contributed by atoms with Crippen LogP contribution in [0.5, 0.6) is 5.75 Å². The van der Waals surface area contributed by atoms with Crippen molar-refractivity contribution in [3.63, 3.8) is 0 Å².